The zero-order valence-corrected chi connectivity index (χ0v) is 9.86. The first-order valence-electron chi connectivity index (χ1n) is 5.91. The van der Waals surface area contributed by atoms with Gasteiger partial charge in [0, 0.05) is 24.2 Å². The van der Waals surface area contributed by atoms with E-state index in [1.165, 1.54) is 24.2 Å². The van der Waals surface area contributed by atoms with Gasteiger partial charge in [-0.3, -0.25) is 0 Å². The second kappa shape index (κ2) is 3.67. The molecule has 0 bridgehead atoms. The summed E-state index contributed by atoms with van der Waals surface area (Å²) in [4.78, 5) is 2.40. The molecule has 2 atom stereocenters. The highest BCUT2D eigenvalue weighted by molar-refractivity contribution is 5.62. The van der Waals surface area contributed by atoms with E-state index in [-0.39, 0.29) is 0 Å². The van der Waals surface area contributed by atoms with Crippen LogP contribution in [0.15, 0.2) is 18.2 Å². The van der Waals surface area contributed by atoms with Gasteiger partial charge in [-0.25, -0.2) is 0 Å². The minimum absolute atomic E-state index is 0.584. The fraction of sp³-hybridized carbons (Fsp3) is 0.538. The van der Waals surface area contributed by atoms with Gasteiger partial charge in [-0.2, -0.15) is 0 Å². The number of rotatable bonds is 1. The van der Waals surface area contributed by atoms with Crippen LogP contribution in [0.3, 0.4) is 0 Å². The summed E-state index contributed by atoms with van der Waals surface area (Å²) in [7, 11) is 3.93. The van der Waals surface area contributed by atoms with Crippen LogP contribution in [0.25, 0.3) is 0 Å². The van der Waals surface area contributed by atoms with Gasteiger partial charge < -0.3 is 15.0 Å². The minimum Gasteiger partial charge on any atom is -0.497 e. The van der Waals surface area contributed by atoms with Crippen LogP contribution in [-0.4, -0.2) is 38.2 Å². The van der Waals surface area contributed by atoms with Gasteiger partial charge in [0.1, 0.15) is 5.75 Å². The van der Waals surface area contributed by atoms with Gasteiger partial charge in [-0.05, 0) is 43.8 Å². The van der Waals surface area contributed by atoms with Crippen LogP contribution in [0.4, 0.5) is 5.69 Å². The lowest BCUT2D eigenvalue weighted by Crippen LogP contribution is -2.41. The van der Waals surface area contributed by atoms with Crippen molar-refractivity contribution in [2.45, 2.75) is 18.4 Å². The van der Waals surface area contributed by atoms with Gasteiger partial charge in [0.25, 0.3) is 0 Å². The summed E-state index contributed by atoms with van der Waals surface area (Å²) in [5.74, 6) is 1.64. The molecule has 16 heavy (non-hydrogen) atoms. The van der Waals surface area contributed by atoms with Crippen molar-refractivity contribution in [2.75, 3.05) is 32.6 Å². The fourth-order valence-corrected chi connectivity index (χ4v) is 2.94. The summed E-state index contributed by atoms with van der Waals surface area (Å²) in [5.41, 5.74) is 2.74. The Morgan fingerprint density at radius 3 is 3.12 bits per heavy atom. The normalized spacial score (nSPS) is 28.1. The van der Waals surface area contributed by atoms with E-state index >= 15 is 0 Å². The van der Waals surface area contributed by atoms with E-state index in [0.29, 0.717) is 12.0 Å². The predicted molar refractivity (Wildman–Crippen MR) is 65.3 cm³/mol. The molecule has 1 saturated heterocycles. The van der Waals surface area contributed by atoms with E-state index < -0.39 is 0 Å². The minimum atomic E-state index is 0.584. The van der Waals surface area contributed by atoms with Crippen molar-refractivity contribution in [1.29, 1.82) is 0 Å². The SMILES string of the molecule is COc1ccc2c(c1)C1CCN(C)CC1N2. The molecule has 0 radical (unpaired) electrons. The van der Waals surface area contributed by atoms with Crippen LogP contribution in [0.1, 0.15) is 17.9 Å². The Kier molecular flexibility index (Phi) is 2.28. The lowest BCUT2D eigenvalue weighted by atomic mass is 9.88. The van der Waals surface area contributed by atoms with Gasteiger partial charge in [0.15, 0.2) is 0 Å². The molecule has 0 aromatic heterocycles. The average molecular weight is 218 g/mol. The van der Waals surface area contributed by atoms with E-state index in [9.17, 15) is 0 Å². The molecule has 0 spiro atoms. The van der Waals surface area contributed by atoms with E-state index in [0.717, 1.165) is 12.3 Å². The van der Waals surface area contributed by atoms with Crippen molar-refractivity contribution in [3.05, 3.63) is 23.8 Å². The molecular formula is C13H18N2O. The molecule has 3 heteroatoms. The highest BCUT2D eigenvalue weighted by Gasteiger charge is 2.35. The quantitative estimate of drug-likeness (QED) is 0.779. The van der Waals surface area contributed by atoms with E-state index in [4.69, 9.17) is 4.74 Å². The highest BCUT2D eigenvalue weighted by Crippen LogP contribution is 2.41. The molecule has 1 aromatic rings. The molecular weight excluding hydrogens is 200 g/mol. The fourth-order valence-electron chi connectivity index (χ4n) is 2.94. The number of piperidine rings is 1. The van der Waals surface area contributed by atoms with Crippen molar-refractivity contribution in [3.8, 4) is 5.75 Å². The van der Waals surface area contributed by atoms with Crippen LogP contribution in [0.2, 0.25) is 0 Å². The maximum atomic E-state index is 5.30. The molecule has 0 saturated carbocycles. The zero-order valence-electron chi connectivity index (χ0n) is 9.86. The number of hydrogen-bond acceptors (Lipinski definition) is 3. The number of likely N-dealkylation sites (N-methyl/N-ethyl adjacent to an activating group) is 1. The lowest BCUT2D eigenvalue weighted by Gasteiger charge is -2.32. The largest absolute Gasteiger partial charge is 0.497 e. The van der Waals surface area contributed by atoms with E-state index in [1.54, 1.807) is 7.11 Å². The number of methoxy groups -OCH3 is 1. The van der Waals surface area contributed by atoms with Crippen molar-refractivity contribution in [3.63, 3.8) is 0 Å². The molecule has 86 valence electrons. The number of hydrogen-bond donors (Lipinski definition) is 1. The lowest BCUT2D eigenvalue weighted by molar-refractivity contribution is 0.244. The Bertz CT molecular complexity index is 405. The van der Waals surface area contributed by atoms with Crippen molar-refractivity contribution >= 4 is 5.69 Å². The number of nitrogens with zero attached hydrogens (tertiary/aromatic N) is 1. The van der Waals surface area contributed by atoms with E-state index in [2.05, 4.69) is 29.4 Å². The molecule has 1 fully saturated rings. The van der Waals surface area contributed by atoms with Gasteiger partial charge in [-0.15, -0.1) is 0 Å². The van der Waals surface area contributed by atoms with Crippen LogP contribution < -0.4 is 10.1 Å². The number of likely N-dealkylation sites (tertiary alicyclic amines) is 1. The van der Waals surface area contributed by atoms with Crippen LogP contribution in [0.5, 0.6) is 5.75 Å². The van der Waals surface area contributed by atoms with Gasteiger partial charge >= 0.3 is 0 Å². The van der Waals surface area contributed by atoms with Crippen LogP contribution in [0, 0.1) is 0 Å². The molecule has 1 N–H and O–H groups in total. The van der Waals surface area contributed by atoms with Gasteiger partial charge in [0.05, 0.1) is 7.11 Å². The molecule has 2 aliphatic rings. The summed E-state index contributed by atoms with van der Waals surface area (Å²) in [6.07, 6.45) is 1.24. The maximum absolute atomic E-state index is 5.30. The Morgan fingerprint density at radius 1 is 1.44 bits per heavy atom. The number of nitrogens with one attached hydrogen (secondary N) is 1. The number of ether oxygens (including phenoxy) is 1. The van der Waals surface area contributed by atoms with Crippen molar-refractivity contribution < 1.29 is 4.74 Å². The predicted octanol–water partition coefficient (Wildman–Crippen LogP) is 1.91. The third kappa shape index (κ3) is 1.47. The Labute approximate surface area is 96.4 Å². The van der Waals surface area contributed by atoms with Crippen molar-refractivity contribution in [2.24, 2.45) is 0 Å². The van der Waals surface area contributed by atoms with Gasteiger partial charge in [0.2, 0.25) is 0 Å². The summed E-state index contributed by atoms with van der Waals surface area (Å²) >= 11 is 0. The van der Waals surface area contributed by atoms with Gasteiger partial charge in [-0.1, -0.05) is 0 Å². The molecule has 1 aromatic carbocycles. The number of benzene rings is 1. The summed E-state index contributed by atoms with van der Waals surface area (Å²) in [5, 5.41) is 3.62. The molecule has 0 amide bonds. The Morgan fingerprint density at radius 2 is 2.31 bits per heavy atom. The highest BCUT2D eigenvalue weighted by atomic mass is 16.5. The number of anilines is 1. The third-order valence-corrected chi connectivity index (χ3v) is 3.81. The first-order valence-corrected chi connectivity index (χ1v) is 5.91. The maximum Gasteiger partial charge on any atom is 0.119 e. The molecule has 3 rings (SSSR count). The third-order valence-electron chi connectivity index (χ3n) is 3.81. The summed E-state index contributed by atoms with van der Waals surface area (Å²) in [6, 6.07) is 6.96. The average Bonchev–Trinajstić information content (AvgIpc) is 2.65. The first kappa shape index (κ1) is 9.97. The number of fused-ring (bicyclic) bond motifs is 3. The Hall–Kier alpha value is -1.22. The molecule has 2 aliphatic heterocycles. The standard InChI is InChI=1S/C13H18N2O/c1-15-6-5-10-11-7-9(16-2)3-4-12(11)14-13(10)8-15/h3-4,7,10,13-14H,5-6,8H2,1-2H3. The topological polar surface area (TPSA) is 24.5 Å². The monoisotopic (exact) mass is 218 g/mol. The van der Waals surface area contributed by atoms with Crippen molar-refractivity contribution in [1.82, 2.24) is 4.90 Å². The first-order chi connectivity index (χ1) is 7.78. The molecule has 2 unspecified atom stereocenters. The molecule has 2 heterocycles. The smallest absolute Gasteiger partial charge is 0.119 e. The van der Waals surface area contributed by atoms with Crippen LogP contribution in [-0.2, 0) is 0 Å². The van der Waals surface area contributed by atoms with E-state index in [1.807, 2.05) is 6.07 Å². The zero-order chi connectivity index (χ0) is 11.1. The Balaban J connectivity index is 1.93. The second-order valence-corrected chi connectivity index (χ2v) is 4.86. The molecule has 0 aliphatic carbocycles. The summed E-state index contributed by atoms with van der Waals surface area (Å²) in [6.45, 7) is 2.33. The molecule has 3 nitrogen and oxygen atoms in total. The second-order valence-electron chi connectivity index (χ2n) is 4.86. The summed E-state index contributed by atoms with van der Waals surface area (Å²) < 4.78 is 5.30. The van der Waals surface area contributed by atoms with Crippen LogP contribution >= 0.6 is 0 Å².